The zero-order valence-corrected chi connectivity index (χ0v) is 19.3. The number of ketones is 1. The Labute approximate surface area is 188 Å². The van der Waals surface area contributed by atoms with Crippen LogP contribution >= 0.6 is 0 Å². The maximum Gasteiger partial charge on any atom is 0.336 e. The molecule has 3 rings (SSSR count). The van der Waals surface area contributed by atoms with E-state index in [1.165, 1.54) is 21.3 Å². The summed E-state index contributed by atoms with van der Waals surface area (Å²) in [4.78, 5) is 26.2. The topological polar surface area (TPSA) is 92.3 Å². The molecule has 1 aromatic carbocycles. The third-order valence-corrected chi connectivity index (χ3v) is 5.68. The van der Waals surface area contributed by atoms with Gasteiger partial charge < -0.3 is 29.0 Å². The second-order valence-electron chi connectivity index (χ2n) is 7.56. The maximum atomic E-state index is 13.2. The number of Topliss-reactive ketones (excluding diaryl/α,β-unsaturated/α-hetero) is 1. The third kappa shape index (κ3) is 4.60. The van der Waals surface area contributed by atoms with Gasteiger partial charge in [0, 0.05) is 35.9 Å². The zero-order chi connectivity index (χ0) is 23.3. The quantitative estimate of drug-likeness (QED) is 0.457. The van der Waals surface area contributed by atoms with Crippen LogP contribution in [0.3, 0.4) is 0 Å². The van der Waals surface area contributed by atoms with E-state index in [0.29, 0.717) is 59.3 Å². The van der Waals surface area contributed by atoms with Crippen LogP contribution in [0.1, 0.15) is 44.6 Å². The van der Waals surface area contributed by atoms with E-state index in [1.807, 2.05) is 13.8 Å². The number of ether oxygens (including phenoxy) is 5. The standard InChI is InChI=1S/C24H31NO7/c1-6-31-10-11-32-24(27)20-14(2)25-16-8-7-9-17(26)22(16)21(20)15-12-18(28-3)23(30-5)19(13-15)29-4/h12-13,21,25H,6-11H2,1-5H3. The van der Waals surface area contributed by atoms with E-state index in [0.717, 1.165) is 18.5 Å². The fourth-order valence-corrected chi connectivity index (χ4v) is 4.27. The minimum absolute atomic E-state index is 0.0182. The number of carbonyl (C=O) groups excluding carboxylic acids is 2. The smallest absolute Gasteiger partial charge is 0.336 e. The molecule has 0 aromatic heterocycles. The van der Waals surface area contributed by atoms with E-state index < -0.39 is 11.9 Å². The molecule has 0 saturated heterocycles. The van der Waals surface area contributed by atoms with Gasteiger partial charge >= 0.3 is 5.97 Å². The van der Waals surface area contributed by atoms with Gasteiger partial charge in [-0.15, -0.1) is 0 Å². The van der Waals surface area contributed by atoms with E-state index in [9.17, 15) is 9.59 Å². The first-order valence-electron chi connectivity index (χ1n) is 10.8. The summed E-state index contributed by atoms with van der Waals surface area (Å²) in [5.41, 5.74) is 3.19. The highest BCUT2D eigenvalue weighted by Gasteiger charge is 2.40. The molecule has 8 heteroatoms. The Bertz CT molecular complexity index is 923. The van der Waals surface area contributed by atoms with Gasteiger partial charge in [0.05, 0.1) is 33.5 Å². The van der Waals surface area contributed by atoms with Crippen LogP contribution in [-0.2, 0) is 19.1 Å². The number of hydrogen-bond donors (Lipinski definition) is 1. The van der Waals surface area contributed by atoms with Gasteiger partial charge in [-0.3, -0.25) is 4.79 Å². The molecule has 0 saturated carbocycles. The van der Waals surface area contributed by atoms with Gasteiger partial charge in [-0.25, -0.2) is 4.79 Å². The number of rotatable bonds is 9. The number of dihydropyridines is 1. The molecule has 0 fully saturated rings. The zero-order valence-electron chi connectivity index (χ0n) is 19.3. The minimum Gasteiger partial charge on any atom is -0.493 e. The predicted octanol–water partition coefficient (Wildman–Crippen LogP) is 3.26. The lowest BCUT2D eigenvalue weighted by molar-refractivity contribution is -0.140. The molecule has 174 valence electrons. The maximum absolute atomic E-state index is 13.2. The normalized spacial score (nSPS) is 18.2. The van der Waals surface area contributed by atoms with Crippen molar-refractivity contribution in [3.05, 3.63) is 40.2 Å². The van der Waals surface area contributed by atoms with Crippen molar-refractivity contribution in [3.63, 3.8) is 0 Å². The van der Waals surface area contributed by atoms with Gasteiger partial charge in [-0.2, -0.15) is 0 Å². The highest BCUT2D eigenvalue weighted by atomic mass is 16.6. The molecule has 1 N–H and O–H groups in total. The third-order valence-electron chi connectivity index (χ3n) is 5.68. The molecule has 1 aliphatic heterocycles. The van der Waals surface area contributed by atoms with Crippen molar-refractivity contribution >= 4 is 11.8 Å². The molecule has 0 bridgehead atoms. The number of carbonyl (C=O) groups is 2. The summed E-state index contributed by atoms with van der Waals surface area (Å²) in [5.74, 6) is 0.272. The van der Waals surface area contributed by atoms with Crippen LogP contribution < -0.4 is 19.5 Å². The number of allylic oxidation sites excluding steroid dienone is 3. The Morgan fingerprint density at radius 3 is 2.34 bits per heavy atom. The van der Waals surface area contributed by atoms with Crippen molar-refractivity contribution in [2.75, 3.05) is 41.2 Å². The average molecular weight is 446 g/mol. The Morgan fingerprint density at radius 1 is 1.06 bits per heavy atom. The van der Waals surface area contributed by atoms with Crippen LogP contribution in [0.4, 0.5) is 0 Å². The van der Waals surface area contributed by atoms with Gasteiger partial charge in [0.15, 0.2) is 17.3 Å². The van der Waals surface area contributed by atoms with E-state index >= 15 is 0 Å². The highest BCUT2D eigenvalue weighted by Crippen LogP contribution is 2.47. The molecule has 1 unspecified atom stereocenters. The van der Waals surface area contributed by atoms with Crippen molar-refractivity contribution < 1.29 is 33.3 Å². The molecule has 1 atom stereocenters. The molecule has 1 heterocycles. The second-order valence-corrected chi connectivity index (χ2v) is 7.56. The summed E-state index contributed by atoms with van der Waals surface area (Å²) in [6.07, 6.45) is 1.95. The highest BCUT2D eigenvalue weighted by molar-refractivity contribution is 6.03. The van der Waals surface area contributed by atoms with Crippen molar-refractivity contribution in [2.24, 2.45) is 0 Å². The van der Waals surface area contributed by atoms with Crippen LogP contribution in [0.15, 0.2) is 34.7 Å². The fourth-order valence-electron chi connectivity index (χ4n) is 4.27. The summed E-state index contributed by atoms with van der Waals surface area (Å²) in [6.45, 7) is 4.68. The van der Waals surface area contributed by atoms with Gasteiger partial charge in [0.2, 0.25) is 5.75 Å². The predicted molar refractivity (Wildman–Crippen MR) is 118 cm³/mol. The molecular weight excluding hydrogens is 414 g/mol. The number of methoxy groups -OCH3 is 3. The molecule has 0 radical (unpaired) electrons. The summed E-state index contributed by atoms with van der Waals surface area (Å²) >= 11 is 0. The van der Waals surface area contributed by atoms with Crippen LogP contribution in [0.2, 0.25) is 0 Å². The van der Waals surface area contributed by atoms with Gasteiger partial charge in [-0.1, -0.05) is 0 Å². The van der Waals surface area contributed by atoms with Crippen LogP contribution in [-0.4, -0.2) is 52.9 Å². The summed E-state index contributed by atoms with van der Waals surface area (Å²) < 4.78 is 27.3. The van der Waals surface area contributed by atoms with Gasteiger partial charge in [0.25, 0.3) is 0 Å². The second kappa shape index (κ2) is 10.5. The lowest BCUT2D eigenvalue weighted by Crippen LogP contribution is -2.34. The molecule has 8 nitrogen and oxygen atoms in total. The first-order chi connectivity index (χ1) is 15.5. The van der Waals surface area contributed by atoms with Crippen LogP contribution in [0.25, 0.3) is 0 Å². The molecule has 0 amide bonds. The van der Waals surface area contributed by atoms with E-state index in [4.69, 9.17) is 23.7 Å². The molecule has 0 spiro atoms. The Balaban J connectivity index is 2.12. The average Bonchev–Trinajstić information content (AvgIpc) is 2.79. The van der Waals surface area contributed by atoms with Crippen LogP contribution in [0, 0.1) is 0 Å². The summed E-state index contributed by atoms with van der Waals surface area (Å²) in [5, 5.41) is 3.28. The lowest BCUT2D eigenvalue weighted by atomic mass is 9.75. The number of esters is 1. The van der Waals surface area contributed by atoms with Crippen molar-refractivity contribution in [1.29, 1.82) is 0 Å². The Hall–Kier alpha value is -3.00. The molecule has 2 aliphatic rings. The van der Waals surface area contributed by atoms with E-state index in [1.54, 1.807) is 12.1 Å². The number of hydrogen-bond acceptors (Lipinski definition) is 8. The lowest BCUT2D eigenvalue weighted by Gasteiger charge is -2.34. The largest absolute Gasteiger partial charge is 0.493 e. The summed E-state index contributed by atoms with van der Waals surface area (Å²) in [7, 11) is 4.59. The molecule has 32 heavy (non-hydrogen) atoms. The monoisotopic (exact) mass is 445 g/mol. The molecule has 1 aromatic rings. The van der Waals surface area contributed by atoms with Crippen molar-refractivity contribution in [3.8, 4) is 17.2 Å². The molecule has 1 aliphatic carbocycles. The minimum atomic E-state index is -0.604. The Kier molecular flexibility index (Phi) is 7.80. The fraction of sp³-hybridized carbons (Fsp3) is 0.500. The summed E-state index contributed by atoms with van der Waals surface area (Å²) in [6, 6.07) is 3.56. The van der Waals surface area contributed by atoms with Crippen molar-refractivity contribution in [1.82, 2.24) is 5.32 Å². The Morgan fingerprint density at radius 2 is 1.75 bits per heavy atom. The van der Waals surface area contributed by atoms with Gasteiger partial charge in [0.1, 0.15) is 6.61 Å². The number of nitrogens with one attached hydrogen (secondary N) is 1. The first-order valence-corrected chi connectivity index (χ1v) is 10.8. The van der Waals surface area contributed by atoms with E-state index in [2.05, 4.69) is 5.32 Å². The van der Waals surface area contributed by atoms with Crippen molar-refractivity contribution in [2.45, 2.75) is 39.0 Å². The molecular formula is C24H31NO7. The SMILES string of the molecule is CCOCCOC(=O)C1=C(C)NC2=C(C(=O)CCC2)C1c1cc(OC)c(OC)c(OC)c1. The van der Waals surface area contributed by atoms with E-state index in [-0.39, 0.29) is 12.4 Å². The van der Waals surface area contributed by atoms with Gasteiger partial charge in [-0.05, 0) is 44.4 Å². The first kappa shape index (κ1) is 23.7. The van der Waals surface area contributed by atoms with Crippen LogP contribution in [0.5, 0.6) is 17.2 Å². The number of benzene rings is 1.